The Labute approximate surface area is 107 Å². The van der Waals surface area contributed by atoms with E-state index in [1.807, 2.05) is 0 Å². The van der Waals surface area contributed by atoms with Gasteiger partial charge in [0.2, 0.25) is 0 Å². The van der Waals surface area contributed by atoms with Crippen molar-refractivity contribution in [3.05, 3.63) is 0 Å². The van der Waals surface area contributed by atoms with Gasteiger partial charge in [-0.3, -0.25) is 0 Å². The summed E-state index contributed by atoms with van der Waals surface area (Å²) in [5.41, 5.74) is 5.63. The Kier molecular flexibility index (Phi) is 7.82. The molecule has 0 aromatic carbocycles. The summed E-state index contributed by atoms with van der Waals surface area (Å²) in [5.74, 6) is 0.858. The van der Waals surface area contributed by atoms with Crippen LogP contribution in [-0.2, 0) is 0 Å². The van der Waals surface area contributed by atoms with E-state index in [0.717, 1.165) is 12.5 Å². The normalized spacial score (nSPS) is 20.6. The molecule has 3 heteroatoms. The molecule has 0 saturated carbocycles. The topological polar surface area (TPSA) is 32.5 Å². The van der Waals surface area contributed by atoms with E-state index in [1.165, 1.54) is 65.0 Å². The lowest BCUT2D eigenvalue weighted by Crippen LogP contribution is -2.46. The summed E-state index contributed by atoms with van der Waals surface area (Å²) >= 11 is 0. The zero-order valence-electron chi connectivity index (χ0n) is 11.8. The molecule has 1 aliphatic heterocycles. The molecule has 0 aromatic heterocycles. The van der Waals surface area contributed by atoms with E-state index in [2.05, 4.69) is 23.6 Å². The zero-order chi connectivity index (χ0) is 12.5. The van der Waals surface area contributed by atoms with Crippen molar-refractivity contribution in [2.24, 2.45) is 11.7 Å². The number of nitrogens with zero attached hydrogens (tertiary/aromatic N) is 2. The van der Waals surface area contributed by atoms with Crippen LogP contribution in [0.4, 0.5) is 0 Å². The van der Waals surface area contributed by atoms with Gasteiger partial charge >= 0.3 is 0 Å². The van der Waals surface area contributed by atoms with Gasteiger partial charge in [-0.1, -0.05) is 20.3 Å². The maximum absolute atomic E-state index is 5.63. The number of rotatable bonds is 8. The van der Waals surface area contributed by atoms with Crippen molar-refractivity contribution in [1.82, 2.24) is 9.80 Å². The molecule has 0 aromatic rings. The first-order valence-electron chi connectivity index (χ1n) is 7.44. The molecule has 0 spiro atoms. The first-order valence-corrected chi connectivity index (χ1v) is 7.44. The van der Waals surface area contributed by atoms with Crippen molar-refractivity contribution in [2.75, 3.05) is 45.8 Å². The Morgan fingerprint density at radius 3 is 2.18 bits per heavy atom. The predicted octanol–water partition coefficient (Wildman–Crippen LogP) is 1.78. The zero-order valence-corrected chi connectivity index (χ0v) is 11.8. The van der Waals surface area contributed by atoms with Crippen LogP contribution in [0.3, 0.4) is 0 Å². The molecule has 0 aliphatic carbocycles. The maximum Gasteiger partial charge on any atom is 0.0110 e. The first kappa shape index (κ1) is 14.9. The quantitative estimate of drug-likeness (QED) is 0.703. The summed E-state index contributed by atoms with van der Waals surface area (Å²) in [6, 6.07) is 0. The highest BCUT2D eigenvalue weighted by atomic mass is 15.3. The minimum absolute atomic E-state index is 0.855. The summed E-state index contributed by atoms with van der Waals surface area (Å²) in [6.07, 6.45) is 5.22. The molecule has 3 nitrogen and oxygen atoms in total. The highest BCUT2D eigenvalue weighted by Gasteiger charge is 2.15. The second kappa shape index (κ2) is 8.90. The van der Waals surface area contributed by atoms with E-state index >= 15 is 0 Å². The van der Waals surface area contributed by atoms with Crippen LogP contribution in [0.2, 0.25) is 0 Å². The van der Waals surface area contributed by atoms with Gasteiger partial charge in [0.05, 0.1) is 0 Å². The van der Waals surface area contributed by atoms with Crippen molar-refractivity contribution < 1.29 is 0 Å². The highest BCUT2D eigenvalue weighted by molar-refractivity contribution is 4.71. The molecule has 1 aliphatic rings. The maximum atomic E-state index is 5.63. The molecule has 0 amide bonds. The molecule has 0 bridgehead atoms. The third-order valence-corrected chi connectivity index (χ3v) is 4.15. The molecule has 1 rings (SSSR count). The van der Waals surface area contributed by atoms with Crippen LogP contribution in [-0.4, -0.2) is 55.6 Å². The van der Waals surface area contributed by atoms with Gasteiger partial charge in [0.1, 0.15) is 0 Å². The Hall–Kier alpha value is -0.120. The summed E-state index contributed by atoms with van der Waals surface area (Å²) in [6.45, 7) is 13.0. The van der Waals surface area contributed by atoms with Gasteiger partial charge in [-0.25, -0.2) is 0 Å². The molecule has 1 heterocycles. The third kappa shape index (κ3) is 5.84. The van der Waals surface area contributed by atoms with E-state index in [-0.39, 0.29) is 0 Å². The number of likely N-dealkylation sites (N-methyl/N-ethyl adjacent to an activating group) is 1. The molecule has 1 saturated heterocycles. The predicted molar refractivity (Wildman–Crippen MR) is 75.2 cm³/mol. The number of hydrogen-bond acceptors (Lipinski definition) is 3. The molecule has 1 atom stereocenters. The molecule has 0 radical (unpaired) electrons. The van der Waals surface area contributed by atoms with Crippen LogP contribution < -0.4 is 5.73 Å². The Bertz CT molecular complexity index is 176. The molecule has 1 unspecified atom stereocenters. The van der Waals surface area contributed by atoms with Crippen molar-refractivity contribution in [3.8, 4) is 0 Å². The molecule has 2 N–H and O–H groups in total. The minimum atomic E-state index is 0.855. The molecular weight excluding hydrogens is 210 g/mol. The molecule has 1 fully saturated rings. The van der Waals surface area contributed by atoms with Gasteiger partial charge in [0.15, 0.2) is 0 Å². The fraction of sp³-hybridized carbons (Fsp3) is 1.00. The average Bonchev–Trinajstić information content (AvgIpc) is 2.38. The van der Waals surface area contributed by atoms with E-state index < -0.39 is 0 Å². The molecule has 102 valence electrons. The monoisotopic (exact) mass is 241 g/mol. The largest absolute Gasteiger partial charge is 0.330 e. The van der Waals surface area contributed by atoms with E-state index in [0.29, 0.717) is 0 Å². The summed E-state index contributed by atoms with van der Waals surface area (Å²) in [5, 5.41) is 0. The van der Waals surface area contributed by atoms with Crippen LogP contribution in [0, 0.1) is 5.92 Å². The molecular formula is C14H31N3. The number of piperazine rings is 1. The standard InChI is InChI=1S/C14H31N3/c1-3-14(7-8-15)6-5-9-17-12-10-16(4-2)11-13-17/h14H,3-13,15H2,1-2H3. The smallest absolute Gasteiger partial charge is 0.0110 e. The van der Waals surface area contributed by atoms with Gasteiger partial charge < -0.3 is 15.5 Å². The first-order chi connectivity index (χ1) is 8.30. The average molecular weight is 241 g/mol. The fourth-order valence-corrected chi connectivity index (χ4v) is 2.72. The van der Waals surface area contributed by atoms with Gasteiger partial charge in [-0.2, -0.15) is 0 Å². The molecule has 17 heavy (non-hydrogen) atoms. The van der Waals surface area contributed by atoms with Gasteiger partial charge in [-0.05, 0) is 44.8 Å². The van der Waals surface area contributed by atoms with Crippen molar-refractivity contribution >= 4 is 0 Å². The van der Waals surface area contributed by atoms with Gasteiger partial charge in [-0.15, -0.1) is 0 Å². The van der Waals surface area contributed by atoms with Crippen LogP contribution in [0.1, 0.15) is 39.5 Å². The van der Waals surface area contributed by atoms with Crippen LogP contribution in [0.15, 0.2) is 0 Å². The van der Waals surface area contributed by atoms with Crippen LogP contribution in [0.5, 0.6) is 0 Å². The van der Waals surface area contributed by atoms with E-state index in [1.54, 1.807) is 0 Å². The van der Waals surface area contributed by atoms with Gasteiger partial charge in [0, 0.05) is 26.2 Å². The van der Waals surface area contributed by atoms with Crippen LogP contribution >= 0.6 is 0 Å². The summed E-state index contributed by atoms with van der Waals surface area (Å²) in [7, 11) is 0. The Balaban J connectivity index is 2.06. The summed E-state index contributed by atoms with van der Waals surface area (Å²) < 4.78 is 0. The second-order valence-electron chi connectivity index (χ2n) is 5.27. The van der Waals surface area contributed by atoms with Crippen molar-refractivity contribution in [3.63, 3.8) is 0 Å². The van der Waals surface area contributed by atoms with Crippen molar-refractivity contribution in [1.29, 1.82) is 0 Å². The van der Waals surface area contributed by atoms with E-state index in [4.69, 9.17) is 5.73 Å². The lowest BCUT2D eigenvalue weighted by molar-refractivity contribution is 0.134. The summed E-state index contributed by atoms with van der Waals surface area (Å²) in [4.78, 5) is 5.17. The van der Waals surface area contributed by atoms with Crippen molar-refractivity contribution in [2.45, 2.75) is 39.5 Å². The highest BCUT2D eigenvalue weighted by Crippen LogP contribution is 2.15. The minimum Gasteiger partial charge on any atom is -0.330 e. The van der Waals surface area contributed by atoms with Crippen LogP contribution in [0.25, 0.3) is 0 Å². The number of nitrogens with two attached hydrogens (primary N) is 1. The second-order valence-corrected chi connectivity index (χ2v) is 5.27. The lowest BCUT2D eigenvalue weighted by Gasteiger charge is -2.34. The lowest BCUT2D eigenvalue weighted by atomic mass is 9.96. The van der Waals surface area contributed by atoms with Gasteiger partial charge in [0.25, 0.3) is 0 Å². The fourth-order valence-electron chi connectivity index (χ4n) is 2.72. The van der Waals surface area contributed by atoms with E-state index in [9.17, 15) is 0 Å². The third-order valence-electron chi connectivity index (χ3n) is 4.15. The Morgan fingerprint density at radius 1 is 1.00 bits per heavy atom. The SMILES string of the molecule is CCC(CCN)CCCN1CCN(CC)CC1. The number of hydrogen-bond donors (Lipinski definition) is 1. The Morgan fingerprint density at radius 2 is 1.65 bits per heavy atom.